The first-order valence-corrected chi connectivity index (χ1v) is 9.86. The number of hydrogen-bond acceptors (Lipinski definition) is 7. The summed E-state index contributed by atoms with van der Waals surface area (Å²) in [5.41, 5.74) is 0.804. The van der Waals surface area contributed by atoms with Gasteiger partial charge in [-0.2, -0.15) is 5.10 Å². The van der Waals surface area contributed by atoms with E-state index in [0.717, 1.165) is 15.3 Å². The van der Waals surface area contributed by atoms with E-state index in [1.54, 1.807) is 26.4 Å². The maximum absolute atomic E-state index is 12.9. The standard InChI is InChI=1S/C20H24N4O4S/c1-11-21-17-18(29-11)16(12-7-8-13(27-5)14(9-12)28-6)23-24(19(17)26)10-15(25)22-20(2,3)4/h7-9H,10H2,1-6H3,(H,22,25). The van der Waals surface area contributed by atoms with Gasteiger partial charge < -0.3 is 14.8 Å². The van der Waals surface area contributed by atoms with Crippen molar-refractivity contribution in [3.05, 3.63) is 33.6 Å². The van der Waals surface area contributed by atoms with Crippen LogP contribution in [0.4, 0.5) is 0 Å². The van der Waals surface area contributed by atoms with Gasteiger partial charge in [0.15, 0.2) is 17.0 Å². The first-order chi connectivity index (χ1) is 13.6. The number of carbonyl (C=O) groups is 1. The van der Waals surface area contributed by atoms with Crippen molar-refractivity contribution in [3.63, 3.8) is 0 Å². The molecule has 29 heavy (non-hydrogen) atoms. The van der Waals surface area contributed by atoms with Gasteiger partial charge in [-0.15, -0.1) is 11.3 Å². The molecule has 0 bridgehead atoms. The van der Waals surface area contributed by atoms with Crippen LogP contribution in [0.1, 0.15) is 25.8 Å². The number of ether oxygens (including phenoxy) is 2. The predicted octanol–water partition coefficient (Wildman–Crippen LogP) is 2.76. The molecular formula is C20H24N4O4S. The molecule has 0 spiro atoms. The monoisotopic (exact) mass is 416 g/mol. The Bertz CT molecular complexity index is 1130. The molecule has 2 heterocycles. The summed E-state index contributed by atoms with van der Waals surface area (Å²) >= 11 is 1.39. The zero-order valence-corrected chi connectivity index (χ0v) is 18.1. The van der Waals surface area contributed by atoms with E-state index in [1.165, 1.54) is 11.3 Å². The summed E-state index contributed by atoms with van der Waals surface area (Å²) in [5.74, 6) is 0.840. The minimum Gasteiger partial charge on any atom is -0.493 e. The zero-order chi connectivity index (χ0) is 21.3. The van der Waals surface area contributed by atoms with Crippen molar-refractivity contribution in [2.45, 2.75) is 39.8 Å². The molecule has 0 radical (unpaired) electrons. The topological polar surface area (TPSA) is 95.3 Å². The van der Waals surface area contributed by atoms with E-state index < -0.39 is 11.1 Å². The van der Waals surface area contributed by atoms with Gasteiger partial charge in [0.05, 0.1) is 23.9 Å². The number of nitrogens with zero attached hydrogens (tertiary/aromatic N) is 3. The summed E-state index contributed by atoms with van der Waals surface area (Å²) in [6, 6.07) is 5.40. The van der Waals surface area contributed by atoms with Crippen LogP contribution in [0.2, 0.25) is 0 Å². The minimum absolute atomic E-state index is 0.192. The lowest BCUT2D eigenvalue weighted by molar-refractivity contribution is -0.123. The van der Waals surface area contributed by atoms with E-state index in [-0.39, 0.29) is 12.5 Å². The Labute approximate surface area is 172 Å². The predicted molar refractivity (Wildman–Crippen MR) is 113 cm³/mol. The molecule has 2 aromatic heterocycles. The molecule has 1 amide bonds. The number of aryl methyl sites for hydroxylation is 1. The number of fused-ring (bicyclic) bond motifs is 1. The minimum atomic E-state index is -0.409. The van der Waals surface area contributed by atoms with Crippen molar-refractivity contribution in [3.8, 4) is 22.8 Å². The van der Waals surface area contributed by atoms with Crippen LogP contribution >= 0.6 is 11.3 Å². The van der Waals surface area contributed by atoms with Crippen molar-refractivity contribution < 1.29 is 14.3 Å². The first-order valence-electron chi connectivity index (χ1n) is 9.04. The Hall–Kier alpha value is -2.94. The molecule has 3 rings (SSSR count). The summed E-state index contributed by atoms with van der Waals surface area (Å²) in [4.78, 5) is 29.6. The molecule has 3 aromatic rings. The number of nitrogens with one attached hydrogen (secondary N) is 1. The van der Waals surface area contributed by atoms with Gasteiger partial charge in [-0.25, -0.2) is 9.67 Å². The molecule has 1 N–H and O–H groups in total. The number of carbonyl (C=O) groups excluding carboxylic acids is 1. The molecule has 0 aliphatic carbocycles. The second-order valence-electron chi connectivity index (χ2n) is 7.59. The summed E-state index contributed by atoms with van der Waals surface area (Å²) in [6.07, 6.45) is 0. The normalized spacial score (nSPS) is 11.5. The van der Waals surface area contributed by atoms with Crippen LogP contribution in [0.25, 0.3) is 21.5 Å². The highest BCUT2D eigenvalue weighted by Crippen LogP contribution is 2.35. The lowest BCUT2D eigenvalue weighted by Gasteiger charge is -2.20. The molecule has 0 unspecified atom stereocenters. The van der Waals surface area contributed by atoms with Gasteiger partial charge in [-0.05, 0) is 45.9 Å². The van der Waals surface area contributed by atoms with Gasteiger partial charge in [0.1, 0.15) is 12.2 Å². The van der Waals surface area contributed by atoms with E-state index in [4.69, 9.17) is 9.47 Å². The number of aromatic nitrogens is 3. The molecule has 8 nitrogen and oxygen atoms in total. The molecule has 1 aromatic carbocycles. The summed E-state index contributed by atoms with van der Waals surface area (Å²) in [5, 5.41) is 8.10. The summed E-state index contributed by atoms with van der Waals surface area (Å²) in [6.45, 7) is 7.28. The van der Waals surface area contributed by atoms with Crippen LogP contribution in [-0.4, -0.2) is 40.4 Å². The molecule has 0 atom stereocenters. The average Bonchev–Trinajstić information content (AvgIpc) is 3.04. The van der Waals surface area contributed by atoms with E-state index in [0.29, 0.717) is 27.4 Å². The molecule has 0 saturated heterocycles. The molecule has 154 valence electrons. The Kier molecular flexibility index (Phi) is 5.61. The number of rotatable bonds is 5. The average molecular weight is 417 g/mol. The van der Waals surface area contributed by atoms with Crippen molar-refractivity contribution in [1.82, 2.24) is 20.1 Å². The fraction of sp³-hybridized carbons (Fsp3) is 0.400. The van der Waals surface area contributed by atoms with Crippen LogP contribution in [0.5, 0.6) is 11.5 Å². The molecular weight excluding hydrogens is 392 g/mol. The van der Waals surface area contributed by atoms with Crippen LogP contribution in [-0.2, 0) is 11.3 Å². The molecule has 0 aliphatic heterocycles. The maximum atomic E-state index is 12.9. The molecule has 0 fully saturated rings. The van der Waals surface area contributed by atoms with Gasteiger partial charge in [-0.3, -0.25) is 9.59 Å². The highest BCUT2D eigenvalue weighted by Gasteiger charge is 2.20. The van der Waals surface area contributed by atoms with E-state index in [2.05, 4.69) is 15.4 Å². The third-order valence-electron chi connectivity index (χ3n) is 4.07. The number of amides is 1. The second-order valence-corrected chi connectivity index (χ2v) is 8.79. The van der Waals surface area contributed by atoms with Crippen molar-refractivity contribution in [1.29, 1.82) is 0 Å². The summed E-state index contributed by atoms with van der Waals surface area (Å²) < 4.78 is 12.5. The zero-order valence-electron chi connectivity index (χ0n) is 17.3. The Morgan fingerprint density at radius 1 is 1.21 bits per heavy atom. The maximum Gasteiger partial charge on any atom is 0.294 e. The number of thiazole rings is 1. The Morgan fingerprint density at radius 3 is 2.52 bits per heavy atom. The van der Waals surface area contributed by atoms with Crippen LogP contribution in [0.15, 0.2) is 23.0 Å². The van der Waals surface area contributed by atoms with Crippen LogP contribution in [0.3, 0.4) is 0 Å². The van der Waals surface area contributed by atoms with E-state index in [1.807, 2.05) is 33.8 Å². The van der Waals surface area contributed by atoms with Crippen LogP contribution < -0.4 is 20.3 Å². The third kappa shape index (κ3) is 4.40. The largest absolute Gasteiger partial charge is 0.493 e. The van der Waals surface area contributed by atoms with Gasteiger partial charge in [0.2, 0.25) is 5.91 Å². The number of benzene rings is 1. The number of methoxy groups -OCH3 is 2. The lowest BCUT2D eigenvalue weighted by atomic mass is 10.1. The highest BCUT2D eigenvalue weighted by molar-refractivity contribution is 7.19. The van der Waals surface area contributed by atoms with Crippen molar-refractivity contribution >= 4 is 27.5 Å². The molecule has 0 aliphatic rings. The second kappa shape index (κ2) is 7.82. The first kappa shape index (κ1) is 20.8. The Balaban J connectivity index is 2.16. The van der Waals surface area contributed by atoms with E-state index >= 15 is 0 Å². The molecule has 0 saturated carbocycles. The fourth-order valence-electron chi connectivity index (χ4n) is 2.94. The Morgan fingerprint density at radius 2 is 1.90 bits per heavy atom. The van der Waals surface area contributed by atoms with Crippen molar-refractivity contribution in [2.75, 3.05) is 14.2 Å². The van der Waals surface area contributed by atoms with E-state index in [9.17, 15) is 9.59 Å². The van der Waals surface area contributed by atoms with Gasteiger partial charge in [0.25, 0.3) is 5.56 Å². The summed E-state index contributed by atoms with van der Waals surface area (Å²) in [7, 11) is 3.12. The quantitative estimate of drug-likeness (QED) is 0.687. The van der Waals surface area contributed by atoms with Crippen LogP contribution in [0, 0.1) is 6.92 Å². The number of hydrogen-bond donors (Lipinski definition) is 1. The third-order valence-corrected chi connectivity index (χ3v) is 5.05. The van der Waals surface area contributed by atoms with Gasteiger partial charge in [-0.1, -0.05) is 0 Å². The molecule has 9 heteroatoms. The van der Waals surface area contributed by atoms with Gasteiger partial charge in [0, 0.05) is 11.1 Å². The fourth-order valence-corrected chi connectivity index (χ4v) is 3.86. The lowest BCUT2D eigenvalue weighted by Crippen LogP contribution is -2.44. The SMILES string of the molecule is COc1ccc(-c2nn(CC(=O)NC(C)(C)C)c(=O)c3nc(C)sc23)cc1OC. The smallest absolute Gasteiger partial charge is 0.294 e. The highest BCUT2D eigenvalue weighted by atomic mass is 32.1. The van der Waals surface area contributed by atoms with Crippen molar-refractivity contribution in [2.24, 2.45) is 0 Å². The van der Waals surface area contributed by atoms with Gasteiger partial charge >= 0.3 is 0 Å².